The molecule has 1 unspecified atom stereocenters. The number of hydrogen-bond donors (Lipinski definition) is 1. The number of hydrogen-bond acceptors (Lipinski definition) is 5. The van der Waals surface area contributed by atoms with Gasteiger partial charge in [-0.25, -0.2) is 4.98 Å². The number of benzene rings is 1. The van der Waals surface area contributed by atoms with Crippen molar-refractivity contribution < 1.29 is 9.53 Å². The largest absolute Gasteiger partial charge is 0.378 e. The summed E-state index contributed by atoms with van der Waals surface area (Å²) in [6.07, 6.45) is 7.35. The lowest BCUT2D eigenvalue weighted by atomic mass is 9.96. The lowest BCUT2D eigenvalue weighted by Gasteiger charge is -2.20. The minimum absolute atomic E-state index is 0.0130. The third kappa shape index (κ3) is 4.27. The van der Waals surface area contributed by atoms with E-state index in [1.54, 1.807) is 6.33 Å². The number of carbonyl (C=O) groups excluding carboxylic acids is 1. The molecule has 2 N–H and O–H groups in total. The van der Waals surface area contributed by atoms with E-state index >= 15 is 0 Å². The van der Waals surface area contributed by atoms with E-state index in [0.717, 1.165) is 33.1 Å². The second-order valence-electron chi connectivity index (χ2n) is 8.18. The van der Waals surface area contributed by atoms with Crippen molar-refractivity contribution in [3.05, 3.63) is 89.0 Å². The molecule has 1 saturated heterocycles. The number of ether oxygens (including phenoxy) is 1. The Morgan fingerprint density at radius 1 is 1.18 bits per heavy atom. The summed E-state index contributed by atoms with van der Waals surface area (Å²) < 4.78 is 9.67. The van der Waals surface area contributed by atoms with Gasteiger partial charge in [0.1, 0.15) is 5.69 Å². The second kappa shape index (κ2) is 8.80. The number of imidazole rings is 1. The van der Waals surface area contributed by atoms with E-state index in [-0.39, 0.29) is 17.7 Å². The van der Waals surface area contributed by atoms with E-state index in [0.29, 0.717) is 19.8 Å². The van der Waals surface area contributed by atoms with Crippen LogP contribution in [-0.4, -0.2) is 43.4 Å². The minimum Gasteiger partial charge on any atom is -0.378 e. The van der Waals surface area contributed by atoms with Gasteiger partial charge < -0.3 is 15.0 Å². The summed E-state index contributed by atoms with van der Waals surface area (Å²) in [4.78, 5) is 20.4. The summed E-state index contributed by atoms with van der Waals surface area (Å²) in [6.45, 7) is 3.57. The Morgan fingerprint density at radius 2 is 2.00 bits per heavy atom. The molecule has 1 fully saturated rings. The van der Waals surface area contributed by atoms with Gasteiger partial charge in [0, 0.05) is 40.3 Å². The van der Waals surface area contributed by atoms with Gasteiger partial charge in [0.15, 0.2) is 0 Å². The Bertz CT molecular complexity index is 1300. The Morgan fingerprint density at radius 3 is 2.76 bits per heavy atom. The highest BCUT2D eigenvalue weighted by atomic mass is 35.5. The van der Waals surface area contributed by atoms with Gasteiger partial charge in [-0.3, -0.25) is 14.5 Å². The quantitative estimate of drug-likeness (QED) is 0.471. The van der Waals surface area contributed by atoms with Gasteiger partial charge in [-0.05, 0) is 42.3 Å². The average molecular weight is 463 g/mol. The first-order chi connectivity index (χ1) is 16.0. The molecule has 1 aliphatic rings. The monoisotopic (exact) mass is 462 g/mol. The molecule has 168 valence electrons. The number of amides is 1. The van der Waals surface area contributed by atoms with Crippen molar-refractivity contribution in [3.63, 3.8) is 0 Å². The van der Waals surface area contributed by atoms with Crippen LogP contribution < -0.4 is 5.73 Å². The first-order valence-electron chi connectivity index (χ1n) is 10.6. The normalized spacial score (nSPS) is 18.0. The number of nitrogens with zero attached hydrogens (tertiary/aromatic N) is 5. The zero-order chi connectivity index (χ0) is 22.9. The van der Waals surface area contributed by atoms with Crippen LogP contribution in [0, 0.1) is 6.92 Å². The summed E-state index contributed by atoms with van der Waals surface area (Å²) in [6, 6.07) is 11.8. The molecule has 3 aromatic heterocycles. The molecule has 0 aliphatic carbocycles. The summed E-state index contributed by atoms with van der Waals surface area (Å²) in [5, 5.41) is 5.23. The van der Waals surface area contributed by atoms with Crippen LogP contribution in [-0.2, 0) is 11.3 Å². The van der Waals surface area contributed by atoms with Crippen molar-refractivity contribution in [2.24, 2.45) is 5.73 Å². The molecule has 4 heterocycles. The predicted octanol–water partition coefficient (Wildman–Crippen LogP) is 3.61. The Hall–Kier alpha value is -3.49. The molecule has 2 atom stereocenters. The van der Waals surface area contributed by atoms with Gasteiger partial charge in [0.2, 0.25) is 0 Å². The fourth-order valence-electron chi connectivity index (χ4n) is 4.30. The van der Waals surface area contributed by atoms with Gasteiger partial charge in [0.05, 0.1) is 38.3 Å². The molecule has 1 aliphatic heterocycles. The van der Waals surface area contributed by atoms with Crippen LogP contribution in [0.2, 0.25) is 5.02 Å². The summed E-state index contributed by atoms with van der Waals surface area (Å²) in [7, 11) is 0. The Labute approximate surface area is 196 Å². The number of aromatic nitrogens is 5. The van der Waals surface area contributed by atoms with Crippen LogP contribution in [0.15, 0.2) is 61.3 Å². The number of carbonyl (C=O) groups is 1. The molecule has 5 rings (SSSR count). The van der Waals surface area contributed by atoms with Crippen molar-refractivity contribution >= 4 is 17.5 Å². The van der Waals surface area contributed by atoms with Crippen molar-refractivity contribution in [3.8, 4) is 11.1 Å². The van der Waals surface area contributed by atoms with E-state index in [1.165, 1.54) is 0 Å². The molecule has 4 aromatic rings. The molecule has 0 saturated carbocycles. The van der Waals surface area contributed by atoms with Crippen LogP contribution in [0.25, 0.3) is 11.1 Å². The molecule has 1 aromatic carbocycles. The topological polar surface area (TPSA) is 101 Å². The number of pyridine rings is 1. The standard InChI is InChI=1S/C24H23ClN6O2/c1-15-23(24(26)32)28-14-31(15)22-13-33-12-20(22)21-8-17(6-7-27-21)18-9-29-30(11-18)10-16-2-4-19(25)5-3-16/h2-9,11,14,20,22H,10,12-13H2,1H3,(H2,26,32)/t20?,22-/m1/s1. The third-order valence-corrected chi connectivity index (χ3v) is 6.32. The van der Waals surface area contributed by atoms with E-state index in [9.17, 15) is 4.79 Å². The van der Waals surface area contributed by atoms with Gasteiger partial charge in [-0.2, -0.15) is 5.10 Å². The second-order valence-corrected chi connectivity index (χ2v) is 8.62. The molecule has 0 radical (unpaired) electrons. The van der Waals surface area contributed by atoms with E-state index in [2.05, 4.69) is 21.1 Å². The molecule has 1 amide bonds. The molecule has 0 spiro atoms. The van der Waals surface area contributed by atoms with E-state index in [1.807, 2.05) is 65.1 Å². The minimum atomic E-state index is -0.530. The fourth-order valence-corrected chi connectivity index (χ4v) is 4.43. The summed E-state index contributed by atoms with van der Waals surface area (Å²) >= 11 is 5.98. The summed E-state index contributed by atoms with van der Waals surface area (Å²) in [5.41, 5.74) is 10.6. The molecular formula is C24H23ClN6O2. The smallest absolute Gasteiger partial charge is 0.269 e. The van der Waals surface area contributed by atoms with Gasteiger partial charge in [0.25, 0.3) is 5.91 Å². The third-order valence-electron chi connectivity index (χ3n) is 6.07. The Balaban J connectivity index is 1.38. The van der Waals surface area contributed by atoms with Crippen LogP contribution >= 0.6 is 11.6 Å². The van der Waals surface area contributed by atoms with Crippen LogP contribution in [0.4, 0.5) is 0 Å². The van der Waals surface area contributed by atoms with Crippen molar-refractivity contribution in [2.75, 3.05) is 13.2 Å². The predicted molar refractivity (Wildman–Crippen MR) is 124 cm³/mol. The van der Waals surface area contributed by atoms with Crippen LogP contribution in [0.1, 0.15) is 39.4 Å². The van der Waals surface area contributed by atoms with Crippen molar-refractivity contribution in [1.29, 1.82) is 0 Å². The fraction of sp³-hybridized carbons (Fsp3) is 0.250. The average Bonchev–Trinajstić information content (AvgIpc) is 3.55. The highest BCUT2D eigenvalue weighted by Gasteiger charge is 2.34. The van der Waals surface area contributed by atoms with Gasteiger partial charge in [-0.15, -0.1) is 0 Å². The van der Waals surface area contributed by atoms with Crippen molar-refractivity contribution in [1.82, 2.24) is 24.3 Å². The van der Waals surface area contributed by atoms with Crippen LogP contribution in [0.5, 0.6) is 0 Å². The highest BCUT2D eigenvalue weighted by molar-refractivity contribution is 6.30. The van der Waals surface area contributed by atoms with E-state index in [4.69, 9.17) is 22.1 Å². The molecule has 33 heavy (non-hydrogen) atoms. The summed E-state index contributed by atoms with van der Waals surface area (Å²) in [5.74, 6) is -0.500. The van der Waals surface area contributed by atoms with Crippen molar-refractivity contribution in [2.45, 2.75) is 25.4 Å². The zero-order valence-electron chi connectivity index (χ0n) is 18.1. The molecular weight excluding hydrogens is 440 g/mol. The molecule has 9 heteroatoms. The molecule has 8 nitrogen and oxygen atoms in total. The maximum absolute atomic E-state index is 11.6. The number of halogens is 1. The lowest BCUT2D eigenvalue weighted by molar-refractivity contribution is 0.0995. The maximum atomic E-state index is 11.6. The first-order valence-corrected chi connectivity index (χ1v) is 11.0. The maximum Gasteiger partial charge on any atom is 0.269 e. The van der Waals surface area contributed by atoms with E-state index < -0.39 is 5.91 Å². The van der Waals surface area contributed by atoms with Gasteiger partial charge in [-0.1, -0.05) is 23.7 Å². The first kappa shape index (κ1) is 21.4. The lowest BCUT2D eigenvalue weighted by Crippen LogP contribution is -2.19. The number of primary amides is 1. The SMILES string of the molecule is Cc1c(C(N)=O)ncn1[C@@H]1COCC1c1cc(-c2cnn(Cc3ccc(Cl)cc3)c2)ccn1. The Kier molecular flexibility index (Phi) is 5.70. The van der Waals surface area contributed by atoms with Gasteiger partial charge >= 0.3 is 0 Å². The van der Waals surface area contributed by atoms with Crippen LogP contribution in [0.3, 0.4) is 0 Å². The zero-order valence-corrected chi connectivity index (χ0v) is 18.8. The highest BCUT2D eigenvalue weighted by Crippen LogP contribution is 2.36. The number of rotatable bonds is 6. The number of nitrogens with two attached hydrogens (primary N) is 1. The molecule has 0 bridgehead atoms.